The summed E-state index contributed by atoms with van der Waals surface area (Å²) in [6.45, 7) is 5.52. The molecular weight excluding hydrogens is 440 g/mol. The average Bonchev–Trinajstić information content (AvgIpc) is 3.17. The number of hydrogen-bond acceptors (Lipinski definition) is 4. The van der Waals surface area contributed by atoms with Gasteiger partial charge in [-0.05, 0) is 74.1 Å². The molecule has 7 heteroatoms. The molecule has 0 unspecified atom stereocenters. The zero-order valence-corrected chi connectivity index (χ0v) is 20.6. The highest BCUT2D eigenvalue weighted by molar-refractivity contribution is 5.98. The summed E-state index contributed by atoms with van der Waals surface area (Å²) in [5.41, 5.74) is 2.64. The first kappa shape index (κ1) is 24.8. The third-order valence-electron chi connectivity index (χ3n) is 6.94. The molecule has 2 aliphatic rings. The van der Waals surface area contributed by atoms with Gasteiger partial charge in [-0.15, -0.1) is 0 Å². The number of anilines is 2. The highest BCUT2D eigenvalue weighted by Crippen LogP contribution is 2.20. The predicted molar refractivity (Wildman–Crippen MR) is 139 cm³/mol. The van der Waals surface area contributed by atoms with Gasteiger partial charge in [0.05, 0.1) is 6.54 Å². The average molecular weight is 477 g/mol. The fraction of sp³-hybridized carbons (Fsp3) is 0.464. The molecule has 0 aromatic heterocycles. The van der Waals surface area contributed by atoms with Crippen molar-refractivity contribution in [2.45, 2.75) is 45.4 Å². The number of benzene rings is 2. The van der Waals surface area contributed by atoms with Gasteiger partial charge < -0.3 is 20.4 Å². The Kier molecular flexibility index (Phi) is 8.40. The minimum absolute atomic E-state index is 0.0230. The van der Waals surface area contributed by atoms with Gasteiger partial charge in [0, 0.05) is 48.7 Å². The van der Waals surface area contributed by atoms with Gasteiger partial charge in [-0.25, -0.2) is 0 Å². The van der Waals surface area contributed by atoms with Crippen LogP contribution in [0.15, 0.2) is 48.5 Å². The lowest BCUT2D eigenvalue weighted by Crippen LogP contribution is -2.37. The van der Waals surface area contributed by atoms with Crippen LogP contribution in [0.1, 0.15) is 66.2 Å². The van der Waals surface area contributed by atoms with Crippen LogP contribution in [0.2, 0.25) is 0 Å². The molecule has 0 aliphatic carbocycles. The van der Waals surface area contributed by atoms with Crippen molar-refractivity contribution in [3.63, 3.8) is 0 Å². The zero-order valence-electron chi connectivity index (χ0n) is 20.6. The van der Waals surface area contributed by atoms with E-state index < -0.39 is 0 Å². The Morgan fingerprint density at radius 2 is 1.40 bits per heavy atom. The van der Waals surface area contributed by atoms with Crippen molar-refractivity contribution in [3.8, 4) is 0 Å². The molecule has 35 heavy (non-hydrogen) atoms. The smallest absolute Gasteiger partial charge is 0.253 e. The zero-order chi connectivity index (χ0) is 24.6. The molecule has 0 radical (unpaired) electrons. The van der Waals surface area contributed by atoms with Crippen LogP contribution in [-0.4, -0.2) is 60.2 Å². The van der Waals surface area contributed by atoms with Gasteiger partial charge in [-0.1, -0.05) is 25.8 Å². The maximum Gasteiger partial charge on any atom is 0.253 e. The Morgan fingerprint density at radius 3 is 2.09 bits per heavy atom. The van der Waals surface area contributed by atoms with E-state index in [4.69, 9.17) is 0 Å². The molecule has 2 N–H and O–H groups in total. The van der Waals surface area contributed by atoms with E-state index >= 15 is 0 Å². The lowest BCUT2D eigenvalue weighted by Gasteiger charge is -2.30. The number of carbonyl (C=O) groups excluding carboxylic acids is 3. The second-order valence-electron chi connectivity index (χ2n) is 9.74. The number of carbonyl (C=O) groups is 3. The molecule has 2 saturated heterocycles. The highest BCUT2D eigenvalue weighted by Gasteiger charge is 2.21. The number of nitrogens with one attached hydrogen (secondary N) is 2. The van der Waals surface area contributed by atoms with E-state index in [-0.39, 0.29) is 24.3 Å². The van der Waals surface area contributed by atoms with Crippen LogP contribution < -0.4 is 10.6 Å². The first-order valence-corrected chi connectivity index (χ1v) is 12.8. The van der Waals surface area contributed by atoms with Gasteiger partial charge in [0.1, 0.15) is 0 Å². The lowest BCUT2D eigenvalue weighted by atomic mass is 9.98. The monoisotopic (exact) mass is 476 g/mol. The minimum atomic E-state index is -0.202. The fourth-order valence-electron chi connectivity index (χ4n) is 4.70. The van der Waals surface area contributed by atoms with Crippen LogP contribution in [0.3, 0.4) is 0 Å². The Bertz CT molecular complexity index is 1020. The number of likely N-dealkylation sites (tertiary alicyclic amines) is 2. The summed E-state index contributed by atoms with van der Waals surface area (Å²) in [5, 5.41) is 5.97. The standard InChI is InChI=1S/C28H36N4O3/c1-21-13-17-32(18-14-21)27(34)22-9-11-24(12-10-22)29-20-26(33)30-25-8-6-7-23(19-25)28(35)31-15-4-2-3-5-16-31/h6-12,19,21,29H,2-5,13-18,20H2,1H3,(H,30,33). The second kappa shape index (κ2) is 11.9. The molecule has 0 atom stereocenters. The summed E-state index contributed by atoms with van der Waals surface area (Å²) in [6, 6.07) is 14.4. The van der Waals surface area contributed by atoms with Crippen LogP contribution >= 0.6 is 0 Å². The van der Waals surface area contributed by atoms with Crippen molar-refractivity contribution in [2.24, 2.45) is 5.92 Å². The van der Waals surface area contributed by atoms with Crippen LogP contribution in [0, 0.1) is 5.92 Å². The lowest BCUT2D eigenvalue weighted by molar-refractivity contribution is -0.114. The summed E-state index contributed by atoms with van der Waals surface area (Å²) < 4.78 is 0. The summed E-state index contributed by atoms with van der Waals surface area (Å²) in [5.74, 6) is 0.566. The molecule has 0 bridgehead atoms. The van der Waals surface area contributed by atoms with Gasteiger partial charge in [-0.3, -0.25) is 14.4 Å². The predicted octanol–water partition coefficient (Wildman–Crippen LogP) is 4.63. The Hall–Kier alpha value is -3.35. The molecule has 2 aromatic rings. The van der Waals surface area contributed by atoms with Crippen LogP contribution in [0.25, 0.3) is 0 Å². The van der Waals surface area contributed by atoms with Gasteiger partial charge >= 0.3 is 0 Å². The second-order valence-corrected chi connectivity index (χ2v) is 9.74. The van der Waals surface area contributed by atoms with Gasteiger partial charge in [0.2, 0.25) is 5.91 Å². The third-order valence-corrected chi connectivity index (χ3v) is 6.94. The maximum atomic E-state index is 12.9. The number of nitrogens with zero attached hydrogens (tertiary/aromatic N) is 2. The van der Waals surface area contributed by atoms with E-state index in [1.807, 2.05) is 21.9 Å². The SMILES string of the molecule is CC1CCN(C(=O)c2ccc(NCC(=O)Nc3cccc(C(=O)N4CCCCCC4)c3)cc2)CC1. The molecule has 186 valence electrons. The summed E-state index contributed by atoms with van der Waals surface area (Å²) in [6.07, 6.45) is 6.53. The van der Waals surface area contributed by atoms with E-state index in [1.54, 1.807) is 36.4 Å². The molecule has 3 amide bonds. The molecule has 2 heterocycles. The Labute approximate surface area is 207 Å². The normalized spacial score (nSPS) is 16.9. The molecule has 2 aliphatic heterocycles. The van der Waals surface area contributed by atoms with Gasteiger partial charge in [0.15, 0.2) is 0 Å². The topological polar surface area (TPSA) is 81.8 Å². The quantitative estimate of drug-likeness (QED) is 0.637. The fourth-order valence-corrected chi connectivity index (χ4v) is 4.70. The Balaban J connectivity index is 1.27. The van der Waals surface area contributed by atoms with Crippen molar-refractivity contribution in [1.82, 2.24) is 9.80 Å². The molecule has 0 saturated carbocycles. The number of piperidine rings is 1. The van der Waals surface area contributed by atoms with E-state index in [0.29, 0.717) is 22.7 Å². The molecule has 2 fully saturated rings. The Morgan fingerprint density at radius 1 is 0.771 bits per heavy atom. The highest BCUT2D eigenvalue weighted by atomic mass is 16.2. The van der Waals surface area contributed by atoms with Crippen molar-refractivity contribution in [3.05, 3.63) is 59.7 Å². The molecule has 4 rings (SSSR count). The van der Waals surface area contributed by atoms with Crippen molar-refractivity contribution >= 4 is 29.1 Å². The third kappa shape index (κ3) is 6.84. The summed E-state index contributed by atoms with van der Waals surface area (Å²) in [7, 11) is 0. The van der Waals surface area contributed by atoms with Gasteiger partial charge in [-0.2, -0.15) is 0 Å². The molecule has 2 aromatic carbocycles. The number of hydrogen-bond donors (Lipinski definition) is 2. The summed E-state index contributed by atoms with van der Waals surface area (Å²) in [4.78, 5) is 41.9. The van der Waals surface area contributed by atoms with Gasteiger partial charge in [0.25, 0.3) is 11.8 Å². The first-order chi connectivity index (χ1) is 17.0. The number of rotatable bonds is 6. The first-order valence-electron chi connectivity index (χ1n) is 12.8. The largest absolute Gasteiger partial charge is 0.376 e. The van der Waals surface area contributed by atoms with Crippen molar-refractivity contribution in [2.75, 3.05) is 43.4 Å². The van der Waals surface area contributed by atoms with Crippen LogP contribution in [0.5, 0.6) is 0 Å². The van der Waals surface area contributed by atoms with E-state index in [1.165, 1.54) is 12.8 Å². The molecule has 0 spiro atoms. The van der Waals surface area contributed by atoms with E-state index in [9.17, 15) is 14.4 Å². The minimum Gasteiger partial charge on any atom is -0.376 e. The van der Waals surface area contributed by atoms with Crippen LogP contribution in [0.4, 0.5) is 11.4 Å². The molecule has 7 nitrogen and oxygen atoms in total. The van der Waals surface area contributed by atoms with E-state index in [2.05, 4.69) is 17.6 Å². The molecular formula is C28H36N4O3. The number of amides is 3. The summed E-state index contributed by atoms with van der Waals surface area (Å²) >= 11 is 0. The van der Waals surface area contributed by atoms with Crippen molar-refractivity contribution in [1.29, 1.82) is 0 Å². The maximum absolute atomic E-state index is 12.9. The van der Waals surface area contributed by atoms with Crippen molar-refractivity contribution < 1.29 is 14.4 Å². The van der Waals surface area contributed by atoms with E-state index in [0.717, 1.165) is 57.5 Å². The van der Waals surface area contributed by atoms with Crippen LogP contribution in [-0.2, 0) is 4.79 Å².